The molecule has 0 aromatic heterocycles. The van der Waals surface area contributed by atoms with E-state index in [9.17, 15) is 9.90 Å². The molecule has 1 aliphatic heterocycles. The Kier molecular flexibility index (Phi) is 6.03. The fourth-order valence-corrected chi connectivity index (χ4v) is 2.09. The fraction of sp³-hybridized carbons (Fsp3) is 0.923. The topological polar surface area (TPSA) is 85.0 Å². The van der Waals surface area contributed by atoms with Crippen molar-refractivity contribution in [1.29, 1.82) is 0 Å². The lowest BCUT2D eigenvalue weighted by atomic mass is 9.92. The molecule has 1 aliphatic rings. The molecule has 0 saturated carbocycles. The molecule has 0 amide bonds. The van der Waals surface area contributed by atoms with E-state index in [2.05, 4.69) is 0 Å². The highest BCUT2D eigenvalue weighted by Crippen LogP contribution is 2.22. The van der Waals surface area contributed by atoms with Crippen LogP contribution in [-0.2, 0) is 9.57 Å². The molecule has 0 aromatic rings. The molecule has 6 nitrogen and oxygen atoms in total. The van der Waals surface area contributed by atoms with Crippen molar-refractivity contribution in [3.63, 3.8) is 0 Å². The van der Waals surface area contributed by atoms with Gasteiger partial charge in [0.25, 0.3) is 0 Å². The summed E-state index contributed by atoms with van der Waals surface area (Å²) >= 11 is 0. The number of carbonyl (C=O) groups is 1. The van der Waals surface area contributed by atoms with Crippen LogP contribution in [-0.4, -0.2) is 47.7 Å². The molecule has 6 heteroatoms. The number of piperidine rings is 1. The summed E-state index contributed by atoms with van der Waals surface area (Å²) in [5, 5.41) is 11.1. The Morgan fingerprint density at radius 1 is 1.42 bits per heavy atom. The van der Waals surface area contributed by atoms with Crippen molar-refractivity contribution < 1.29 is 19.5 Å². The summed E-state index contributed by atoms with van der Waals surface area (Å²) in [5.74, 6) is 0.442. The van der Waals surface area contributed by atoms with E-state index in [4.69, 9.17) is 15.3 Å². The quantitative estimate of drug-likeness (QED) is 0.751. The Labute approximate surface area is 114 Å². The molecule has 3 N–H and O–H groups in total. The number of aliphatic hydroxyl groups excluding tert-OH is 1. The molecule has 1 heterocycles. The van der Waals surface area contributed by atoms with Gasteiger partial charge in [0.05, 0.1) is 6.10 Å². The van der Waals surface area contributed by atoms with E-state index in [1.807, 2.05) is 0 Å². The third kappa shape index (κ3) is 6.75. The molecule has 112 valence electrons. The molecule has 0 spiro atoms. The number of hydroxylamine groups is 2. The lowest BCUT2D eigenvalue weighted by Crippen LogP contribution is -2.38. The number of ether oxygens (including phenoxy) is 1. The molecule has 0 bridgehead atoms. The van der Waals surface area contributed by atoms with Crippen LogP contribution in [0.2, 0.25) is 0 Å². The van der Waals surface area contributed by atoms with E-state index in [1.54, 1.807) is 25.8 Å². The zero-order valence-electron chi connectivity index (χ0n) is 12.1. The number of carbonyl (C=O) groups excluding carboxylic acids is 1. The van der Waals surface area contributed by atoms with Gasteiger partial charge in [-0.3, -0.25) is 0 Å². The summed E-state index contributed by atoms with van der Waals surface area (Å²) in [6.45, 7) is 7.04. The minimum absolute atomic E-state index is 0.300. The van der Waals surface area contributed by atoms with Crippen LogP contribution in [0, 0.1) is 5.92 Å². The third-order valence-electron chi connectivity index (χ3n) is 3.04. The summed E-state index contributed by atoms with van der Waals surface area (Å²) < 4.78 is 5.09. The Morgan fingerprint density at radius 3 is 2.47 bits per heavy atom. The van der Waals surface area contributed by atoms with Gasteiger partial charge in [0.1, 0.15) is 5.60 Å². The molecule has 1 atom stereocenters. The van der Waals surface area contributed by atoms with Crippen molar-refractivity contribution in [2.45, 2.75) is 51.7 Å². The van der Waals surface area contributed by atoms with Gasteiger partial charge in [-0.05, 0) is 46.0 Å². The number of aliphatic hydroxyl groups is 1. The molecule has 0 aliphatic carbocycles. The molecule has 1 fully saturated rings. The van der Waals surface area contributed by atoms with Crippen LogP contribution in [0.5, 0.6) is 0 Å². The first kappa shape index (κ1) is 16.2. The third-order valence-corrected chi connectivity index (χ3v) is 3.04. The largest absolute Gasteiger partial charge is 0.528 e. The standard InChI is InChI=1S/C13H26N2O4/c1-13(2,3)18-12(17)19-15-6-4-10(5-7-15)8-11(16)9-14/h10-11,16H,4-9,14H2,1-3H3. The summed E-state index contributed by atoms with van der Waals surface area (Å²) in [4.78, 5) is 16.6. The van der Waals surface area contributed by atoms with Crippen LogP contribution in [0.25, 0.3) is 0 Å². The summed E-state index contributed by atoms with van der Waals surface area (Å²) in [6, 6.07) is 0. The molecule has 1 saturated heterocycles. The number of hydrogen-bond donors (Lipinski definition) is 2. The van der Waals surface area contributed by atoms with Crippen molar-refractivity contribution in [1.82, 2.24) is 5.06 Å². The summed E-state index contributed by atoms with van der Waals surface area (Å²) in [5.41, 5.74) is 4.85. The van der Waals surface area contributed by atoms with E-state index in [1.165, 1.54) is 0 Å². The minimum Gasteiger partial charge on any atom is -0.427 e. The van der Waals surface area contributed by atoms with Gasteiger partial charge in [0, 0.05) is 19.6 Å². The van der Waals surface area contributed by atoms with Crippen LogP contribution in [0.15, 0.2) is 0 Å². The average molecular weight is 274 g/mol. The zero-order chi connectivity index (χ0) is 14.5. The Bertz CT molecular complexity index is 283. The second-order valence-electron chi connectivity index (χ2n) is 6.05. The SMILES string of the molecule is CC(C)(C)OC(=O)ON1CCC(CC(O)CN)CC1. The van der Waals surface area contributed by atoms with E-state index < -0.39 is 17.9 Å². The van der Waals surface area contributed by atoms with Crippen molar-refractivity contribution in [2.24, 2.45) is 11.7 Å². The molecular formula is C13H26N2O4. The van der Waals surface area contributed by atoms with Crippen LogP contribution in [0.4, 0.5) is 4.79 Å². The van der Waals surface area contributed by atoms with Crippen molar-refractivity contribution >= 4 is 6.16 Å². The highest BCUT2D eigenvalue weighted by atomic mass is 16.8. The second-order valence-corrected chi connectivity index (χ2v) is 6.05. The first-order valence-electron chi connectivity index (χ1n) is 6.84. The van der Waals surface area contributed by atoms with Gasteiger partial charge < -0.3 is 20.4 Å². The van der Waals surface area contributed by atoms with E-state index in [-0.39, 0.29) is 0 Å². The lowest BCUT2D eigenvalue weighted by Gasteiger charge is -2.31. The maximum absolute atomic E-state index is 11.5. The average Bonchev–Trinajstić information content (AvgIpc) is 2.29. The fourth-order valence-electron chi connectivity index (χ4n) is 2.09. The van der Waals surface area contributed by atoms with E-state index in [0.29, 0.717) is 25.6 Å². The van der Waals surface area contributed by atoms with E-state index >= 15 is 0 Å². The number of nitrogens with zero attached hydrogens (tertiary/aromatic N) is 1. The van der Waals surface area contributed by atoms with Gasteiger partial charge in [-0.25, -0.2) is 4.79 Å². The monoisotopic (exact) mass is 274 g/mol. The van der Waals surface area contributed by atoms with Gasteiger partial charge in [-0.1, -0.05) is 0 Å². The smallest absolute Gasteiger partial charge is 0.427 e. The van der Waals surface area contributed by atoms with Gasteiger partial charge in [-0.2, -0.15) is 0 Å². The highest BCUT2D eigenvalue weighted by Gasteiger charge is 2.25. The van der Waals surface area contributed by atoms with Gasteiger partial charge in [-0.15, -0.1) is 5.06 Å². The predicted molar refractivity (Wildman–Crippen MR) is 71.3 cm³/mol. The highest BCUT2D eigenvalue weighted by molar-refractivity contribution is 5.60. The van der Waals surface area contributed by atoms with Crippen LogP contribution in [0.3, 0.4) is 0 Å². The maximum atomic E-state index is 11.5. The summed E-state index contributed by atoms with van der Waals surface area (Å²) in [7, 11) is 0. The van der Waals surface area contributed by atoms with Gasteiger partial charge in [0.2, 0.25) is 0 Å². The Morgan fingerprint density at radius 2 is 2.00 bits per heavy atom. The summed E-state index contributed by atoms with van der Waals surface area (Å²) in [6.07, 6.45) is 1.41. The number of rotatable bonds is 4. The van der Waals surface area contributed by atoms with E-state index in [0.717, 1.165) is 19.3 Å². The maximum Gasteiger partial charge on any atom is 0.528 e. The van der Waals surface area contributed by atoms with Gasteiger partial charge in [0.15, 0.2) is 0 Å². The van der Waals surface area contributed by atoms with Crippen LogP contribution < -0.4 is 5.73 Å². The molecule has 0 radical (unpaired) electrons. The first-order chi connectivity index (χ1) is 8.80. The molecule has 0 aromatic carbocycles. The van der Waals surface area contributed by atoms with Crippen molar-refractivity contribution in [3.05, 3.63) is 0 Å². The van der Waals surface area contributed by atoms with Gasteiger partial charge >= 0.3 is 6.16 Å². The van der Waals surface area contributed by atoms with Crippen molar-refractivity contribution in [3.8, 4) is 0 Å². The zero-order valence-corrected chi connectivity index (χ0v) is 12.1. The van der Waals surface area contributed by atoms with Crippen LogP contribution >= 0.6 is 0 Å². The molecular weight excluding hydrogens is 248 g/mol. The normalized spacial score (nSPS) is 20.1. The Hall–Kier alpha value is -0.850. The Balaban J connectivity index is 2.25. The molecule has 1 rings (SSSR count). The predicted octanol–water partition coefficient (Wildman–Crippen LogP) is 1.27. The molecule has 1 unspecified atom stereocenters. The van der Waals surface area contributed by atoms with Crippen LogP contribution in [0.1, 0.15) is 40.0 Å². The lowest BCUT2D eigenvalue weighted by molar-refractivity contribution is -0.156. The minimum atomic E-state index is -0.659. The first-order valence-corrected chi connectivity index (χ1v) is 6.84. The molecule has 19 heavy (non-hydrogen) atoms. The second kappa shape index (κ2) is 7.07. The number of hydrogen-bond acceptors (Lipinski definition) is 6. The van der Waals surface area contributed by atoms with Crippen molar-refractivity contribution in [2.75, 3.05) is 19.6 Å². The number of nitrogens with two attached hydrogens (primary N) is 1.